The number of benzene rings is 1. The summed E-state index contributed by atoms with van der Waals surface area (Å²) in [4.78, 5) is 76.7. The number of piperazine rings is 1. The Morgan fingerprint density at radius 1 is 0.912 bits per heavy atom. The van der Waals surface area contributed by atoms with Gasteiger partial charge < -0.3 is 39.8 Å². The lowest BCUT2D eigenvalue weighted by atomic mass is 9.82. The Kier molecular flexibility index (Phi) is 14.5. The first-order valence-corrected chi connectivity index (χ1v) is 20.5. The Bertz CT molecular complexity index is 1630. The minimum Gasteiger partial charge on any atom is -0.493 e. The highest BCUT2D eigenvalue weighted by atomic mass is 16.6. The highest BCUT2D eigenvalue weighted by Gasteiger charge is 2.47. The molecule has 1 aliphatic carbocycles. The number of alkyl carbamates (subject to hydrolysis) is 1. The third-order valence-corrected chi connectivity index (χ3v) is 10.6. The largest absolute Gasteiger partial charge is 0.493 e. The lowest BCUT2D eigenvalue weighted by Gasteiger charge is -2.45. The number of hydrogen-bond acceptors (Lipinski definition) is 10. The van der Waals surface area contributed by atoms with Crippen LogP contribution in [0.1, 0.15) is 112 Å². The maximum Gasteiger partial charge on any atom is 0.437 e. The van der Waals surface area contributed by atoms with Crippen molar-refractivity contribution in [3.63, 3.8) is 0 Å². The molecule has 4 N–H and O–H groups in total. The molecule has 0 unspecified atom stereocenters. The number of hydrogen-bond donors (Lipinski definition) is 4. The van der Waals surface area contributed by atoms with Gasteiger partial charge in [0.2, 0.25) is 23.7 Å². The number of guanidine groups is 1. The van der Waals surface area contributed by atoms with Gasteiger partial charge in [-0.1, -0.05) is 37.5 Å². The van der Waals surface area contributed by atoms with E-state index in [-0.39, 0.29) is 41.9 Å². The smallest absolute Gasteiger partial charge is 0.437 e. The predicted molar refractivity (Wildman–Crippen MR) is 212 cm³/mol. The summed E-state index contributed by atoms with van der Waals surface area (Å²) in [5.74, 6) is -0.923. The van der Waals surface area contributed by atoms with Crippen LogP contribution in [0, 0.1) is 5.92 Å². The predicted octanol–water partition coefficient (Wildman–Crippen LogP) is 4.18. The quantitative estimate of drug-likeness (QED) is 0.207. The SMILES string of the molecule is CCO[C@@H]1C[C@@H]2CN(C(=O)[C@@H](NC(=O)[C@H](C)NC(=NC(=O)OC(C)(C)C)NC(=O)OC(C)(C)C)C3CCCCC3)[C@H](C(=O)N[C@@H]3CCOc4ccccc43)CN2C1. The van der Waals surface area contributed by atoms with Gasteiger partial charge in [0.25, 0.3) is 0 Å². The molecule has 3 heterocycles. The van der Waals surface area contributed by atoms with Crippen molar-refractivity contribution in [2.45, 2.75) is 148 Å². The van der Waals surface area contributed by atoms with E-state index in [0.717, 1.165) is 49.8 Å². The van der Waals surface area contributed by atoms with Gasteiger partial charge in [0.15, 0.2) is 0 Å². The van der Waals surface area contributed by atoms with Gasteiger partial charge in [-0.15, -0.1) is 4.99 Å². The van der Waals surface area contributed by atoms with Crippen molar-refractivity contribution < 1.29 is 42.9 Å². The van der Waals surface area contributed by atoms with Gasteiger partial charge in [0.1, 0.15) is 35.1 Å². The molecule has 3 fully saturated rings. The van der Waals surface area contributed by atoms with Crippen molar-refractivity contribution in [3.05, 3.63) is 29.8 Å². The summed E-state index contributed by atoms with van der Waals surface area (Å²) in [6.45, 7) is 15.9. The topological polar surface area (TPSA) is 189 Å². The first-order chi connectivity index (χ1) is 26.9. The molecule has 57 heavy (non-hydrogen) atoms. The molecule has 0 aromatic heterocycles. The summed E-state index contributed by atoms with van der Waals surface area (Å²) in [6.07, 6.45) is 3.73. The maximum absolute atomic E-state index is 15.0. The number of nitrogens with one attached hydrogen (secondary N) is 4. The fourth-order valence-electron chi connectivity index (χ4n) is 8.06. The van der Waals surface area contributed by atoms with E-state index < -0.39 is 47.4 Å². The van der Waals surface area contributed by atoms with Gasteiger partial charge in [-0.2, -0.15) is 0 Å². The van der Waals surface area contributed by atoms with Gasteiger partial charge in [0, 0.05) is 44.3 Å². The fraction of sp³-hybridized carbons (Fsp3) is 0.707. The van der Waals surface area contributed by atoms with Crippen LogP contribution in [-0.2, 0) is 28.6 Å². The maximum atomic E-state index is 15.0. The molecule has 5 rings (SSSR count). The molecule has 1 aromatic rings. The minimum absolute atomic E-state index is 0.00673. The van der Waals surface area contributed by atoms with Gasteiger partial charge in [-0.25, -0.2) is 9.59 Å². The van der Waals surface area contributed by atoms with Crippen LogP contribution in [0.15, 0.2) is 29.3 Å². The van der Waals surface area contributed by atoms with Crippen molar-refractivity contribution in [1.29, 1.82) is 0 Å². The van der Waals surface area contributed by atoms with E-state index in [1.54, 1.807) is 46.4 Å². The molecule has 2 saturated heterocycles. The van der Waals surface area contributed by atoms with E-state index in [4.69, 9.17) is 18.9 Å². The molecule has 0 spiro atoms. The van der Waals surface area contributed by atoms with Crippen molar-refractivity contribution in [3.8, 4) is 5.75 Å². The van der Waals surface area contributed by atoms with Crippen LogP contribution in [0.2, 0.25) is 0 Å². The standard InChI is InChI=1S/C41H63N7O9/c1-9-54-28-21-27-22-48(31(24-47(27)23-28)35(50)43-30-19-20-55-32-18-14-13-17-29(30)32)36(51)33(26-15-11-10-12-16-26)44-34(49)25(2)42-37(45-38(52)56-40(3,4)5)46-39(53)57-41(6,7)8/h13-14,17-18,25-28,30-31,33H,9-12,15-16,19-24H2,1-8H3,(H,43,50)(H,44,49)(H2,42,45,46,52,53)/t25-,27+,28+,30+,31-,33-/m0/s1. The number of nitrogens with zero attached hydrogens (tertiary/aromatic N) is 3. The number of aliphatic imine (C=N–C) groups is 1. The Hall–Kier alpha value is -4.44. The minimum atomic E-state index is -1.08. The first kappa shape index (κ1) is 43.7. The number of rotatable bonds is 9. The number of amides is 5. The number of ether oxygens (including phenoxy) is 4. The molecule has 1 saturated carbocycles. The number of carbonyl (C=O) groups is 5. The second kappa shape index (κ2) is 18.9. The Morgan fingerprint density at radius 3 is 2.30 bits per heavy atom. The van der Waals surface area contributed by atoms with Gasteiger partial charge in [0.05, 0.1) is 18.8 Å². The van der Waals surface area contributed by atoms with E-state index in [1.165, 1.54) is 6.92 Å². The van der Waals surface area contributed by atoms with Gasteiger partial charge >= 0.3 is 12.2 Å². The highest BCUT2D eigenvalue weighted by Crippen LogP contribution is 2.34. The number of carbonyl (C=O) groups excluding carboxylic acids is 5. The molecule has 316 valence electrons. The van der Waals surface area contributed by atoms with Gasteiger partial charge in [-0.05, 0) is 86.6 Å². The molecular weight excluding hydrogens is 734 g/mol. The monoisotopic (exact) mass is 797 g/mol. The van der Waals surface area contributed by atoms with E-state index in [9.17, 15) is 19.2 Å². The van der Waals surface area contributed by atoms with Crippen LogP contribution in [0.5, 0.6) is 5.75 Å². The van der Waals surface area contributed by atoms with Crippen LogP contribution >= 0.6 is 0 Å². The highest BCUT2D eigenvalue weighted by molar-refractivity contribution is 6.01. The molecule has 0 bridgehead atoms. The summed E-state index contributed by atoms with van der Waals surface area (Å²) in [7, 11) is 0. The molecule has 16 heteroatoms. The summed E-state index contributed by atoms with van der Waals surface area (Å²) in [5.41, 5.74) is -0.826. The molecular formula is C41H63N7O9. The third kappa shape index (κ3) is 12.3. The van der Waals surface area contributed by atoms with Crippen LogP contribution < -0.4 is 26.0 Å². The lowest BCUT2D eigenvalue weighted by molar-refractivity contribution is -0.149. The molecule has 1 aromatic carbocycles. The van der Waals surface area contributed by atoms with E-state index >= 15 is 4.79 Å². The first-order valence-electron chi connectivity index (χ1n) is 20.5. The van der Waals surface area contributed by atoms with Crippen molar-refractivity contribution in [2.75, 3.05) is 32.8 Å². The van der Waals surface area contributed by atoms with Crippen molar-refractivity contribution in [2.24, 2.45) is 10.9 Å². The summed E-state index contributed by atoms with van der Waals surface area (Å²) in [6, 6.07) is 4.55. The van der Waals surface area contributed by atoms with Crippen molar-refractivity contribution in [1.82, 2.24) is 31.1 Å². The van der Waals surface area contributed by atoms with Crippen LogP contribution in [0.3, 0.4) is 0 Å². The average Bonchev–Trinajstić information content (AvgIpc) is 3.53. The third-order valence-electron chi connectivity index (χ3n) is 10.6. The Balaban J connectivity index is 1.38. The summed E-state index contributed by atoms with van der Waals surface area (Å²) >= 11 is 0. The normalized spacial score (nSPS) is 24.1. The Morgan fingerprint density at radius 2 is 1.61 bits per heavy atom. The molecule has 6 atom stereocenters. The number of para-hydroxylation sites is 1. The van der Waals surface area contributed by atoms with Gasteiger partial charge in [-0.3, -0.25) is 24.6 Å². The fourth-order valence-corrected chi connectivity index (χ4v) is 8.06. The zero-order valence-corrected chi connectivity index (χ0v) is 34.9. The lowest BCUT2D eigenvalue weighted by Crippen LogP contribution is -2.66. The zero-order chi connectivity index (χ0) is 41.5. The number of fused-ring (bicyclic) bond motifs is 2. The average molecular weight is 798 g/mol. The molecule has 3 aliphatic heterocycles. The van der Waals surface area contributed by atoms with Crippen molar-refractivity contribution >= 4 is 35.9 Å². The molecule has 4 aliphatic rings. The molecule has 16 nitrogen and oxygen atoms in total. The van der Waals surface area contributed by atoms with Crippen LogP contribution in [0.4, 0.5) is 9.59 Å². The summed E-state index contributed by atoms with van der Waals surface area (Å²) in [5, 5.41) is 11.5. The van der Waals surface area contributed by atoms with E-state index in [0.29, 0.717) is 39.3 Å². The van der Waals surface area contributed by atoms with E-state index in [1.807, 2.05) is 31.2 Å². The summed E-state index contributed by atoms with van der Waals surface area (Å²) < 4.78 is 22.5. The second-order valence-corrected chi connectivity index (χ2v) is 17.5. The molecule has 5 amide bonds. The zero-order valence-electron chi connectivity index (χ0n) is 34.9. The van der Waals surface area contributed by atoms with Crippen LogP contribution in [-0.4, -0.2) is 120 Å². The van der Waals surface area contributed by atoms with E-state index in [2.05, 4.69) is 31.2 Å². The van der Waals surface area contributed by atoms with Crippen LogP contribution in [0.25, 0.3) is 0 Å². The second-order valence-electron chi connectivity index (χ2n) is 17.5. The molecule has 0 radical (unpaired) electrons. The Labute approximate surface area is 336 Å².